The molecule has 0 saturated heterocycles. The zero-order valence-electron chi connectivity index (χ0n) is 16.8. The van der Waals surface area contributed by atoms with Crippen LogP contribution in [0.15, 0.2) is 33.2 Å². The van der Waals surface area contributed by atoms with Gasteiger partial charge >= 0.3 is 11.9 Å². The summed E-state index contributed by atoms with van der Waals surface area (Å²) in [5.74, 6) is -3.52. The highest BCUT2D eigenvalue weighted by atomic mass is 32.1. The summed E-state index contributed by atoms with van der Waals surface area (Å²) in [5.41, 5.74) is 2.09. The lowest BCUT2D eigenvalue weighted by atomic mass is 9.98. The fraction of sp³-hybridized carbons (Fsp3) is 0.211. The Bertz CT molecular complexity index is 1340. The maximum atomic E-state index is 14.3. The van der Waals surface area contributed by atoms with Crippen LogP contribution in [0.2, 0.25) is 0 Å². The third-order valence-corrected chi connectivity index (χ3v) is 5.44. The Hall–Kier alpha value is -3.81. The van der Waals surface area contributed by atoms with Crippen LogP contribution >= 0.6 is 11.3 Å². The van der Waals surface area contributed by atoms with Crippen molar-refractivity contribution in [2.45, 2.75) is 18.5 Å². The molecule has 0 aliphatic rings. The zero-order chi connectivity index (χ0) is 24.5. The molecule has 0 spiro atoms. The molecule has 14 heteroatoms. The quantitative estimate of drug-likeness (QED) is 0.314. The van der Waals surface area contributed by atoms with Gasteiger partial charge in [-0.2, -0.15) is 13.2 Å². The molecule has 2 heterocycles. The molecule has 0 aliphatic carbocycles. The van der Waals surface area contributed by atoms with Crippen LogP contribution in [0.1, 0.15) is 23.5 Å². The van der Waals surface area contributed by atoms with Crippen LogP contribution in [-0.2, 0) is 18.0 Å². The topological polar surface area (TPSA) is 147 Å². The molecule has 1 atom stereocenters. The minimum atomic E-state index is -4.88. The first-order chi connectivity index (χ1) is 15.4. The third-order valence-electron chi connectivity index (χ3n) is 4.68. The van der Waals surface area contributed by atoms with Gasteiger partial charge in [0.25, 0.3) is 5.56 Å². The Kier molecular flexibility index (Phi) is 6.48. The molecule has 2 aromatic heterocycles. The Balaban J connectivity index is 1.81. The second kappa shape index (κ2) is 8.97. The van der Waals surface area contributed by atoms with Gasteiger partial charge in [0.05, 0.1) is 16.8 Å². The van der Waals surface area contributed by atoms with Crippen LogP contribution < -0.4 is 22.3 Å². The number of nitrogens with zero attached hydrogens (tertiary/aromatic N) is 2. The molecule has 1 amide bonds. The Morgan fingerprint density at radius 3 is 2.73 bits per heavy atom. The van der Waals surface area contributed by atoms with Gasteiger partial charge in [0, 0.05) is 36.5 Å². The summed E-state index contributed by atoms with van der Waals surface area (Å²) in [5, 5.41) is 11.2. The van der Waals surface area contributed by atoms with Crippen LogP contribution in [0.5, 0.6) is 0 Å². The molecule has 5 N–H and O–H groups in total. The molecule has 0 saturated carbocycles. The molecular formula is C19H16F4N6O3S. The first-order valence-corrected chi connectivity index (χ1v) is 10.0. The van der Waals surface area contributed by atoms with Crippen LogP contribution in [0.4, 0.5) is 28.5 Å². The average molecular weight is 484 g/mol. The molecule has 1 unspecified atom stereocenters. The van der Waals surface area contributed by atoms with E-state index in [-0.39, 0.29) is 27.8 Å². The Morgan fingerprint density at radius 2 is 2.09 bits per heavy atom. The summed E-state index contributed by atoms with van der Waals surface area (Å²) in [7, 11) is 1.20. The van der Waals surface area contributed by atoms with Gasteiger partial charge in [0.15, 0.2) is 5.13 Å². The van der Waals surface area contributed by atoms with Crippen molar-refractivity contribution in [3.8, 4) is 11.3 Å². The minimum absolute atomic E-state index is 0.0297. The number of aromatic nitrogens is 3. The highest BCUT2D eigenvalue weighted by molar-refractivity contribution is 7.14. The van der Waals surface area contributed by atoms with Gasteiger partial charge in [-0.1, -0.05) is 6.07 Å². The predicted octanol–water partition coefficient (Wildman–Crippen LogP) is 2.70. The van der Waals surface area contributed by atoms with Crippen LogP contribution in [-0.4, -0.2) is 26.7 Å². The number of amides is 1. The van der Waals surface area contributed by atoms with E-state index in [4.69, 9.17) is 11.1 Å². The van der Waals surface area contributed by atoms with E-state index in [1.807, 2.05) is 0 Å². The summed E-state index contributed by atoms with van der Waals surface area (Å²) in [4.78, 5) is 42.6. The zero-order valence-corrected chi connectivity index (χ0v) is 17.6. The van der Waals surface area contributed by atoms with Crippen LogP contribution in [0.3, 0.4) is 0 Å². The van der Waals surface area contributed by atoms with E-state index < -0.39 is 47.1 Å². The second-order valence-electron chi connectivity index (χ2n) is 6.85. The standard InChI is InChI=1S/C19H16F4N6O3S/c1-29-16(31)13(15(25)28-18(29)32)8(6-24)5-12(30)27-17-26-11(7-33-17)9-3-2-4-10(14(9)20)19(21,22)23/h2-4,6-8,24H,5,25H2,1H3,(H,28,32)(H,26,27,30). The monoisotopic (exact) mass is 484 g/mol. The van der Waals surface area contributed by atoms with Crippen molar-refractivity contribution in [1.82, 2.24) is 14.5 Å². The lowest BCUT2D eigenvalue weighted by Gasteiger charge is -2.13. The molecule has 0 fully saturated rings. The molecule has 9 nitrogen and oxygen atoms in total. The van der Waals surface area contributed by atoms with Gasteiger partial charge in [0.2, 0.25) is 5.91 Å². The first kappa shape index (κ1) is 23.8. The SMILES string of the molecule is Cn1c(=O)[nH]c(N)c(C(C=N)CC(=O)Nc2nc(-c3cccc(C(F)(F)F)c3F)cs2)c1=O. The lowest BCUT2D eigenvalue weighted by molar-refractivity contribution is -0.139. The number of rotatable bonds is 6. The second-order valence-corrected chi connectivity index (χ2v) is 7.71. The first-order valence-electron chi connectivity index (χ1n) is 9.14. The Labute approximate surface area is 186 Å². The number of aromatic amines is 1. The number of nitrogens with two attached hydrogens (primary N) is 1. The van der Waals surface area contributed by atoms with Crippen molar-refractivity contribution in [3.63, 3.8) is 0 Å². The van der Waals surface area contributed by atoms with Gasteiger partial charge in [-0.05, 0) is 12.1 Å². The lowest BCUT2D eigenvalue weighted by Crippen LogP contribution is -2.37. The summed E-state index contributed by atoms with van der Waals surface area (Å²) >= 11 is 0.850. The van der Waals surface area contributed by atoms with Gasteiger partial charge in [-0.25, -0.2) is 14.2 Å². The number of halogens is 4. The van der Waals surface area contributed by atoms with E-state index in [0.29, 0.717) is 6.07 Å². The number of nitrogen functional groups attached to an aromatic ring is 1. The number of carbonyl (C=O) groups excluding carboxylic acids is 1. The summed E-state index contributed by atoms with van der Waals surface area (Å²) < 4.78 is 53.9. The van der Waals surface area contributed by atoms with E-state index >= 15 is 0 Å². The number of nitrogens with one attached hydrogen (secondary N) is 3. The smallest absolute Gasteiger partial charge is 0.385 e. The van der Waals surface area contributed by atoms with Crippen molar-refractivity contribution in [2.75, 3.05) is 11.1 Å². The van der Waals surface area contributed by atoms with Crippen molar-refractivity contribution in [3.05, 3.63) is 61.4 Å². The molecule has 3 rings (SSSR count). The fourth-order valence-electron chi connectivity index (χ4n) is 3.03. The minimum Gasteiger partial charge on any atom is -0.385 e. The molecule has 33 heavy (non-hydrogen) atoms. The number of H-pyrrole nitrogens is 1. The van der Waals surface area contributed by atoms with Gasteiger partial charge in [0.1, 0.15) is 11.6 Å². The molecule has 1 aromatic carbocycles. The van der Waals surface area contributed by atoms with Crippen LogP contribution in [0.25, 0.3) is 11.3 Å². The molecule has 0 radical (unpaired) electrons. The van der Waals surface area contributed by atoms with Gasteiger partial charge < -0.3 is 16.5 Å². The number of hydrogen-bond donors (Lipinski definition) is 4. The van der Waals surface area contributed by atoms with Crippen LogP contribution in [0, 0.1) is 11.2 Å². The van der Waals surface area contributed by atoms with E-state index in [2.05, 4.69) is 15.3 Å². The number of anilines is 2. The summed E-state index contributed by atoms with van der Waals surface area (Å²) in [6.45, 7) is 0. The molecule has 0 bridgehead atoms. The van der Waals surface area contributed by atoms with Gasteiger partial charge in [-0.3, -0.25) is 19.1 Å². The van der Waals surface area contributed by atoms with E-state index in [0.717, 1.165) is 34.3 Å². The number of thiazole rings is 1. The summed E-state index contributed by atoms with van der Waals surface area (Å²) in [6.07, 6.45) is -4.48. The maximum Gasteiger partial charge on any atom is 0.419 e. The largest absolute Gasteiger partial charge is 0.419 e. The van der Waals surface area contributed by atoms with Crippen molar-refractivity contribution in [2.24, 2.45) is 7.05 Å². The maximum absolute atomic E-state index is 14.3. The van der Waals surface area contributed by atoms with E-state index in [1.54, 1.807) is 0 Å². The number of benzene rings is 1. The normalized spacial score (nSPS) is 12.4. The molecule has 3 aromatic rings. The predicted molar refractivity (Wildman–Crippen MR) is 114 cm³/mol. The van der Waals surface area contributed by atoms with Crippen molar-refractivity contribution in [1.29, 1.82) is 5.41 Å². The molecule has 0 aliphatic heterocycles. The third kappa shape index (κ3) is 4.84. The average Bonchev–Trinajstić information content (AvgIpc) is 3.18. The van der Waals surface area contributed by atoms with E-state index in [1.165, 1.54) is 12.4 Å². The molecule has 174 valence electrons. The number of hydrogen-bond acceptors (Lipinski definition) is 7. The van der Waals surface area contributed by atoms with Crippen molar-refractivity contribution >= 4 is 34.4 Å². The summed E-state index contributed by atoms with van der Waals surface area (Å²) in [6, 6.07) is 2.78. The highest BCUT2D eigenvalue weighted by Gasteiger charge is 2.35. The number of carbonyl (C=O) groups is 1. The van der Waals surface area contributed by atoms with Crippen molar-refractivity contribution < 1.29 is 22.4 Å². The number of alkyl halides is 3. The van der Waals surface area contributed by atoms with E-state index in [9.17, 15) is 31.9 Å². The van der Waals surface area contributed by atoms with Gasteiger partial charge in [-0.15, -0.1) is 11.3 Å². The Morgan fingerprint density at radius 1 is 1.39 bits per heavy atom. The molecular weight excluding hydrogens is 468 g/mol. The fourth-order valence-corrected chi connectivity index (χ4v) is 3.76. The highest BCUT2D eigenvalue weighted by Crippen LogP contribution is 2.36.